The number of thioether (sulfide) groups is 1. The standard InChI is InChI=1S/C9H14OS/c10-7-8-11-9-5-3-1-2-4-6-9/h3,5,7,9H,1-2,4,6,8H2. The van der Waals surface area contributed by atoms with Gasteiger partial charge in [0, 0.05) is 11.0 Å². The maximum atomic E-state index is 10.1. The Kier molecular flexibility index (Phi) is 4.36. The Labute approximate surface area is 72.2 Å². The Morgan fingerprint density at radius 3 is 3.27 bits per heavy atom. The molecule has 0 aromatic heterocycles. The van der Waals surface area contributed by atoms with Crippen LogP contribution in [-0.2, 0) is 4.79 Å². The molecule has 1 unspecified atom stereocenters. The second kappa shape index (κ2) is 5.42. The third-order valence-corrected chi connectivity index (χ3v) is 2.99. The number of rotatable bonds is 3. The average molecular weight is 170 g/mol. The van der Waals surface area contributed by atoms with Crippen LogP contribution in [0.5, 0.6) is 0 Å². The first-order valence-corrected chi connectivity index (χ1v) is 5.20. The number of hydrogen-bond acceptors (Lipinski definition) is 2. The van der Waals surface area contributed by atoms with Crippen molar-refractivity contribution in [3.8, 4) is 0 Å². The fraction of sp³-hybridized carbons (Fsp3) is 0.667. The maximum absolute atomic E-state index is 10.1. The van der Waals surface area contributed by atoms with Gasteiger partial charge in [-0.05, 0) is 19.3 Å². The van der Waals surface area contributed by atoms with Crippen molar-refractivity contribution < 1.29 is 4.79 Å². The third kappa shape index (κ3) is 3.61. The van der Waals surface area contributed by atoms with E-state index in [0.717, 1.165) is 6.29 Å². The summed E-state index contributed by atoms with van der Waals surface area (Å²) in [6.45, 7) is 0. The van der Waals surface area contributed by atoms with Gasteiger partial charge in [-0.2, -0.15) is 0 Å². The van der Waals surface area contributed by atoms with Crippen LogP contribution in [0.1, 0.15) is 25.7 Å². The highest BCUT2D eigenvalue weighted by Gasteiger charge is 2.06. The molecule has 1 nitrogen and oxygen atoms in total. The van der Waals surface area contributed by atoms with E-state index in [0.29, 0.717) is 11.0 Å². The number of carbonyl (C=O) groups excluding carboxylic acids is 1. The summed E-state index contributed by atoms with van der Waals surface area (Å²) < 4.78 is 0. The van der Waals surface area contributed by atoms with Gasteiger partial charge in [-0.25, -0.2) is 0 Å². The van der Waals surface area contributed by atoms with Crippen molar-refractivity contribution in [3.63, 3.8) is 0 Å². The smallest absolute Gasteiger partial charge is 0.129 e. The maximum Gasteiger partial charge on any atom is 0.129 e. The molecule has 0 heterocycles. The molecule has 1 aliphatic rings. The van der Waals surface area contributed by atoms with Crippen molar-refractivity contribution in [1.82, 2.24) is 0 Å². The van der Waals surface area contributed by atoms with Crippen LogP contribution in [0.4, 0.5) is 0 Å². The van der Waals surface area contributed by atoms with Gasteiger partial charge in [0.25, 0.3) is 0 Å². The Balaban J connectivity index is 2.24. The van der Waals surface area contributed by atoms with E-state index in [2.05, 4.69) is 12.2 Å². The lowest BCUT2D eigenvalue weighted by Gasteiger charge is -2.06. The Hall–Kier alpha value is -0.240. The minimum absolute atomic E-state index is 0.600. The van der Waals surface area contributed by atoms with E-state index < -0.39 is 0 Å². The van der Waals surface area contributed by atoms with Crippen molar-refractivity contribution in [1.29, 1.82) is 0 Å². The molecule has 1 aliphatic carbocycles. The zero-order valence-corrected chi connectivity index (χ0v) is 7.48. The minimum atomic E-state index is 0.600. The van der Waals surface area contributed by atoms with Gasteiger partial charge in [-0.15, -0.1) is 11.8 Å². The lowest BCUT2D eigenvalue weighted by atomic mass is 10.2. The highest BCUT2D eigenvalue weighted by molar-refractivity contribution is 8.00. The molecule has 0 N–H and O–H groups in total. The van der Waals surface area contributed by atoms with Crippen LogP contribution >= 0.6 is 11.8 Å². The molecule has 0 bridgehead atoms. The van der Waals surface area contributed by atoms with E-state index in [4.69, 9.17) is 0 Å². The molecule has 0 radical (unpaired) electrons. The van der Waals surface area contributed by atoms with E-state index in [1.807, 2.05) is 0 Å². The van der Waals surface area contributed by atoms with Crippen LogP contribution in [-0.4, -0.2) is 17.3 Å². The molecule has 0 amide bonds. The third-order valence-electron chi connectivity index (χ3n) is 1.84. The quantitative estimate of drug-likeness (QED) is 0.478. The van der Waals surface area contributed by atoms with Gasteiger partial charge in [0.2, 0.25) is 0 Å². The van der Waals surface area contributed by atoms with Gasteiger partial charge in [0.1, 0.15) is 6.29 Å². The molecule has 1 rings (SSSR count). The van der Waals surface area contributed by atoms with E-state index in [1.54, 1.807) is 11.8 Å². The van der Waals surface area contributed by atoms with Gasteiger partial charge in [0.05, 0.1) is 0 Å². The van der Waals surface area contributed by atoms with Gasteiger partial charge < -0.3 is 4.79 Å². The molecule has 0 aliphatic heterocycles. The summed E-state index contributed by atoms with van der Waals surface area (Å²) in [7, 11) is 0. The van der Waals surface area contributed by atoms with Crippen LogP contribution in [0.15, 0.2) is 12.2 Å². The highest BCUT2D eigenvalue weighted by atomic mass is 32.2. The van der Waals surface area contributed by atoms with Gasteiger partial charge in [-0.1, -0.05) is 18.6 Å². The van der Waals surface area contributed by atoms with Gasteiger partial charge in [0.15, 0.2) is 0 Å². The van der Waals surface area contributed by atoms with Crippen LogP contribution in [0, 0.1) is 0 Å². The lowest BCUT2D eigenvalue weighted by molar-refractivity contribution is -0.105. The predicted molar refractivity (Wildman–Crippen MR) is 49.9 cm³/mol. The number of aldehydes is 1. The van der Waals surface area contributed by atoms with Crippen molar-refractivity contribution in [2.45, 2.75) is 30.9 Å². The van der Waals surface area contributed by atoms with Crippen LogP contribution in [0.2, 0.25) is 0 Å². The fourth-order valence-corrected chi connectivity index (χ4v) is 2.14. The summed E-state index contributed by atoms with van der Waals surface area (Å²) in [6, 6.07) is 0. The normalized spacial score (nSPS) is 24.5. The molecule has 0 aromatic rings. The molecular weight excluding hydrogens is 156 g/mol. The second-order valence-corrected chi connectivity index (χ2v) is 4.02. The van der Waals surface area contributed by atoms with Crippen molar-refractivity contribution in [3.05, 3.63) is 12.2 Å². The molecule has 2 heteroatoms. The van der Waals surface area contributed by atoms with E-state index >= 15 is 0 Å². The zero-order chi connectivity index (χ0) is 7.94. The van der Waals surface area contributed by atoms with E-state index in [1.165, 1.54) is 25.7 Å². The molecule has 1 atom stereocenters. The summed E-state index contributed by atoms with van der Waals surface area (Å²) in [6.07, 6.45) is 10.6. The fourth-order valence-electron chi connectivity index (χ4n) is 1.25. The molecule has 0 aromatic carbocycles. The summed E-state index contributed by atoms with van der Waals surface area (Å²) >= 11 is 1.76. The van der Waals surface area contributed by atoms with E-state index in [9.17, 15) is 4.79 Å². The molecule has 0 spiro atoms. The van der Waals surface area contributed by atoms with Crippen molar-refractivity contribution in [2.75, 3.05) is 5.75 Å². The zero-order valence-electron chi connectivity index (χ0n) is 6.66. The van der Waals surface area contributed by atoms with Crippen LogP contribution in [0.3, 0.4) is 0 Å². The molecule has 0 saturated heterocycles. The first kappa shape index (κ1) is 8.85. The van der Waals surface area contributed by atoms with Crippen LogP contribution in [0.25, 0.3) is 0 Å². The molecule has 0 saturated carbocycles. The summed E-state index contributed by atoms with van der Waals surface area (Å²) in [4.78, 5) is 10.1. The minimum Gasteiger partial charge on any atom is -0.302 e. The monoisotopic (exact) mass is 170 g/mol. The molecule has 11 heavy (non-hydrogen) atoms. The predicted octanol–water partition coefficient (Wildman–Crippen LogP) is 2.42. The Morgan fingerprint density at radius 1 is 1.55 bits per heavy atom. The summed E-state index contributed by atoms with van der Waals surface area (Å²) in [5.74, 6) is 0.648. The molecular formula is C9H14OS. The topological polar surface area (TPSA) is 17.1 Å². The van der Waals surface area contributed by atoms with Crippen molar-refractivity contribution >= 4 is 18.0 Å². The SMILES string of the molecule is O=CCSC1C=CCCCC1. The first-order chi connectivity index (χ1) is 5.43. The second-order valence-electron chi connectivity index (χ2n) is 2.75. The largest absolute Gasteiger partial charge is 0.302 e. The van der Waals surface area contributed by atoms with Crippen molar-refractivity contribution in [2.24, 2.45) is 0 Å². The van der Waals surface area contributed by atoms with Gasteiger partial charge >= 0.3 is 0 Å². The molecule has 62 valence electrons. The lowest BCUT2D eigenvalue weighted by Crippen LogP contribution is -1.98. The number of hydrogen-bond donors (Lipinski definition) is 0. The van der Waals surface area contributed by atoms with Crippen LogP contribution < -0.4 is 0 Å². The Morgan fingerprint density at radius 2 is 2.45 bits per heavy atom. The summed E-state index contributed by atoms with van der Waals surface area (Å²) in [5, 5.41) is 0.600. The highest BCUT2D eigenvalue weighted by Crippen LogP contribution is 2.21. The summed E-state index contributed by atoms with van der Waals surface area (Å²) in [5.41, 5.74) is 0. The number of allylic oxidation sites excluding steroid dienone is 1. The first-order valence-electron chi connectivity index (χ1n) is 4.15. The Bertz CT molecular complexity index is 142. The molecule has 0 fully saturated rings. The number of carbonyl (C=O) groups is 1. The van der Waals surface area contributed by atoms with Gasteiger partial charge in [-0.3, -0.25) is 0 Å². The van der Waals surface area contributed by atoms with E-state index in [-0.39, 0.29) is 0 Å². The average Bonchev–Trinajstić information content (AvgIpc) is 2.28.